The van der Waals surface area contributed by atoms with Crippen LogP contribution in [0.25, 0.3) is 0 Å². The summed E-state index contributed by atoms with van der Waals surface area (Å²) in [7, 11) is 0. The van der Waals surface area contributed by atoms with Crippen LogP contribution in [0, 0.1) is 0 Å². The van der Waals surface area contributed by atoms with Gasteiger partial charge < -0.3 is 10.6 Å². The molecular formula is C10H18N2O. The average molecular weight is 182 g/mol. The molecule has 1 rings (SSSR count). The van der Waals surface area contributed by atoms with Crippen LogP contribution in [0.15, 0.2) is 12.2 Å². The van der Waals surface area contributed by atoms with Crippen molar-refractivity contribution in [3.05, 3.63) is 12.2 Å². The number of hydrogen-bond donors (Lipinski definition) is 2. The quantitative estimate of drug-likeness (QED) is 0.597. The zero-order chi connectivity index (χ0) is 9.68. The number of carbonyl (C=O) groups excluding carboxylic acids is 1. The van der Waals surface area contributed by atoms with Gasteiger partial charge in [0.1, 0.15) is 0 Å². The fraction of sp³-hybridized carbons (Fsp3) is 0.700. The van der Waals surface area contributed by atoms with Gasteiger partial charge in [-0.3, -0.25) is 4.79 Å². The Kier molecular flexibility index (Phi) is 3.96. The van der Waals surface area contributed by atoms with Crippen LogP contribution >= 0.6 is 0 Å². The van der Waals surface area contributed by atoms with E-state index in [-0.39, 0.29) is 5.91 Å². The van der Waals surface area contributed by atoms with E-state index in [4.69, 9.17) is 0 Å². The molecule has 0 atom stereocenters. The molecule has 1 fully saturated rings. The molecule has 0 aliphatic heterocycles. The molecule has 2 N–H and O–H groups in total. The summed E-state index contributed by atoms with van der Waals surface area (Å²) in [5.41, 5.74) is 1.14. The monoisotopic (exact) mass is 182 g/mol. The molecule has 0 saturated heterocycles. The molecule has 0 aromatic carbocycles. The second-order valence-corrected chi connectivity index (χ2v) is 3.55. The van der Waals surface area contributed by atoms with E-state index in [0.29, 0.717) is 12.6 Å². The van der Waals surface area contributed by atoms with Crippen LogP contribution < -0.4 is 10.6 Å². The van der Waals surface area contributed by atoms with Crippen LogP contribution in [0.3, 0.4) is 0 Å². The molecule has 1 saturated carbocycles. The van der Waals surface area contributed by atoms with Gasteiger partial charge in [0, 0.05) is 12.6 Å². The van der Waals surface area contributed by atoms with Crippen molar-refractivity contribution in [1.82, 2.24) is 10.6 Å². The maximum Gasteiger partial charge on any atom is 0.234 e. The van der Waals surface area contributed by atoms with E-state index in [2.05, 4.69) is 24.1 Å². The van der Waals surface area contributed by atoms with Crippen LogP contribution in [0.2, 0.25) is 0 Å². The standard InChI is InChI=1S/C10H18N2O/c1-3-8(2)6-11-7-10(13)12-9-4-5-9/h9,11H,2-7H2,1H3,(H,12,13). The highest BCUT2D eigenvalue weighted by atomic mass is 16.2. The van der Waals surface area contributed by atoms with E-state index in [0.717, 1.165) is 31.4 Å². The Balaban J connectivity index is 1.97. The maximum atomic E-state index is 11.2. The molecule has 0 aromatic heterocycles. The Labute approximate surface area is 79.6 Å². The third-order valence-corrected chi connectivity index (χ3v) is 2.10. The minimum atomic E-state index is 0.103. The summed E-state index contributed by atoms with van der Waals surface area (Å²) < 4.78 is 0. The molecule has 0 radical (unpaired) electrons. The summed E-state index contributed by atoms with van der Waals surface area (Å²) in [4.78, 5) is 11.2. The number of amides is 1. The van der Waals surface area contributed by atoms with Crippen molar-refractivity contribution >= 4 is 5.91 Å². The molecule has 0 unspecified atom stereocenters. The smallest absolute Gasteiger partial charge is 0.234 e. The van der Waals surface area contributed by atoms with Crippen molar-refractivity contribution in [2.45, 2.75) is 32.2 Å². The molecule has 3 heteroatoms. The van der Waals surface area contributed by atoms with Crippen LogP contribution in [0.1, 0.15) is 26.2 Å². The van der Waals surface area contributed by atoms with Gasteiger partial charge >= 0.3 is 0 Å². The summed E-state index contributed by atoms with van der Waals surface area (Å²) in [6.07, 6.45) is 3.26. The summed E-state index contributed by atoms with van der Waals surface area (Å²) in [6, 6.07) is 0.462. The Morgan fingerprint density at radius 1 is 1.46 bits per heavy atom. The lowest BCUT2D eigenvalue weighted by Crippen LogP contribution is -2.35. The first-order valence-electron chi connectivity index (χ1n) is 4.89. The molecule has 0 aromatic rings. The fourth-order valence-electron chi connectivity index (χ4n) is 0.984. The summed E-state index contributed by atoms with van der Waals surface area (Å²) in [5.74, 6) is 0.103. The Morgan fingerprint density at radius 2 is 2.15 bits per heavy atom. The maximum absolute atomic E-state index is 11.2. The lowest BCUT2D eigenvalue weighted by Gasteiger charge is -2.05. The molecule has 13 heavy (non-hydrogen) atoms. The van der Waals surface area contributed by atoms with Crippen molar-refractivity contribution < 1.29 is 4.79 Å². The van der Waals surface area contributed by atoms with Gasteiger partial charge in [0.25, 0.3) is 0 Å². The lowest BCUT2D eigenvalue weighted by molar-refractivity contribution is -0.120. The number of nitrogens with one attached hydrogen (secondary N) is 2. The summed E-state index contributed by atoms with van der Waals surface area (Å²) in [6.45, 7) is 7.07. The number of carbonyl (C=O) groups is 1. The molecule has 3 nitrogen and oxygen atoms in total. The summed E-state index contributed by atoms with van der Waals surface area (Å²) >= 11 is 0. The van der Waals surface area contributed by atoms with Crippen molar-refractivity contribution in [2.24, 2.45) is 0 Å². The number of hydrogen-bond acceptors (Lipinski definition) is 2. The predicted octanol–water partition coefficient (Wildman–Crippen LogP) is 0.821. The zero-order valence-electron chi connectivity index (χ0n) is 8.23. The topological polar surface area (TPSA) is 41.1 Å². The molecule has 1 aliphatic carbocycles. The van der Waals surface area contributed by atoms with Gasteiger partial charge in [-0.15, -0.1) is 0 Å². The molecule has 74 valence electrons. The van der Waals surface area contributed by atoms with E-state index in [1.807, 2.05) is 0 Å². The average Bonchev–Trinajstić information content (AvgIpc) is 2.88. The highest BCUT2D eigenvalue weighted by Crippen LogP contribution is 2.18. The molecule has 0 bridgehead atoms. The summed E-state index contributed by atoms with van der Waals surface area (Å²) in [5, 5.41) is 5.97. The van der Waals surface area contributed by atoms with Crippen LogP contribution in [0.4, 0.5) is 0 Å². The van der Waals surface area contributed by atoms with E-state index in [9.17, 15) is 4.79 Å². The molecule has 1 aliphatic rings. The molecule has 0 spiro atoms. The van der Waals surface area contributed by atoms with Gasteiger partial charge in [0.15, 0.2) is 0 Å². The number of rotatable bonds is 6. The molecular weight excluding hydrogens is 164 g/mol. The molecule has 0 heterocycles. The minimum Gasteiger partial charge on any atom is -0.352 e. The second-order valence-electron chi connectivity index (χ2n) is 3.55. The largest absolute Gasteiger partial charge is 0.352 e. The van der Waals surface area contributed by atoms with Gasteiger partial charge in [0.2, 0.25) is 5.91 Å². The van der Waals surface area contributed by atoms with Crippen molar-refractivity contribution in [3.63, 3.8) is 0 Å². The first-order valence-corrected chi connectivity index (χ1v) is 4.89. The van der Waals surface area contributed by atoms with Gasteiger partial charge in [-0.05, 0) is 19.3 Å². The van der Waals surface area contributed by atoms with Crippen LogP contribution in [0.5, 0.6) is 0 Å². The third kappa shape index (κ3) is 4.68. The second kappa shape index (κ2) is 5.02. The first-order chi connectivity index (χ1) is 6.22. The molecule has 1 amide bonds. The van der Waals surface area contributed by atoms with Crippen molar-refractivity contribution in [1.29, 1.82) is 0 Å². The Morgan fingerprint density at radius 3 is 2.69 bits per heavy atom. The first kappa shape index (κ1) is 10.3. The van der Waals surface area contributed by atoms with Gasteiger partial charge in [-0.2, -0.15) is 0 Å². The highest BCUT2D eigenvalue weighted by Gasteiger charge is 2.22. The van der Waals surface area contributed by atoms with E-state index in [1.165, 1.54) is 0 Å². The Bertz CT molecular complexity index is 197. The SMILES string of the molecule is C=C(CC)CNCC(=O)NC1CC1. The highest BCUT2D eigenvalue weighted by molar-refractivity contribution is 5.78. The van der Waals surface area contributed by atoms with E-state index in [1.54, 1.807) is 0 Å². The fourth-order valence-corrected chi connectivity index (χ4v) is 0.984. The third-order valence-electron chi connectivity index (χ3n) is 2.10. The van der Waals surface area contributed by atoms with E-state index >= 15 is 0 Å². The Hall–Kier alpha value is -0.830. The van der Waals surface area contributed by atoms with Gasteiger partial charge in [-0.25, -0.2) is 0 Å². The van der Waals surface area contributed by atoms with Crippen LogP contribution in [-0.4, -0.2) is 25.0 Å². The minimum absolute atomic E-state index is 0.103. The van der Waals surface area contributed by atoms with Crippen molar-refractivity contribution in [3.8, 4) is 0 Å². The van der Waals surface area contributed by atoms with Crippen molar-refractivity contribution in [2.75, 3.05) is 13.1 Å². The predicted molar refractivity (Wildman–Crippen MR) is 53.5 cm³/mol. The normalized spacial score (nSPS) is 15.5. The van der Waals surface area contributed by atoms with Crippen LogP contribution in [-0.2, 0) is 4.79 Å². The van der Waals surface area contributed by atoms with E-state index < -0.39 is 0 Å². The van der Waals surface area contributed by atoms with Gasteiger partial charge in [-0.1, -0.05) is 19.1 Å². The zero-order valence-corrected chi connectivity index (χ0v) is 8.23. The lowest BCUT2D eigenvalue weighted by atomic mass is 10.2. The van der Waals surface area contributed by atoms with Gasteiger partial charge in [0.05, 0.1) is 6.54 Å².